The van der Waals surface area contributed by atoms with Crippen LogP contribution in [0, 0.1) is 34.1 Å². The molecule has 1 amide bonds. The molecule has 3 N–H and O–H groups in total. The van der Waals surface area contributed by atoms with E-state index in [2.05, 4.69) is 20.4 Å². The smallest absolute Gasteiger partial charge is 0.304 e. The van der Waals surface area contributed by atoms with Crippen LogP contribution in [0.15, 0.2) is 47.7 Å². The number of rotatable bonds is 6. The molecule has 3 rings (SSSR count). The minimum Gasteiger partial charge on any atom is -0.323 e. The van der Waals surface area contributed by atoms with E-state index in [0.717, 1.165) is 23.4 Å². The molecule has 0 fully saturated rings. The first-order valence-electron chi connectivity index (χ1n) is 8.93. The third kappa shape index (κ3) is 4.27. The molecule has 0 radical (unpaired) electrons. The van der Waals surface area contributed by atoms with Crippen LogP contribution in [0.25, 0.3) is 11.0 Å². The lowest BCUT2D eigenvalue weighted by Gasteiger charge is -2.14. The van der Waals surface area contributed by atoms with Crippen LogP contribution >= 0.6 is 0 Å². The predicted octanol–water partition coefficient (Wildman–Crippen LogP) is 2.43. The van der Waals surface area contributed by atoms with Crippen molar-refractivity contribution < 1.29 is 14.6 Å². The highest BCUT2D eigenvalue weighted by Crippen LogP contribution is 2.23. The van der Waals surface area contributed by atoms with Crippen LogP contribution in [-0.2, 0) is 4.79 Å². The number of fused-ring (bicyclic) bond motifs is 1. The first-order chi connectivity index (χ1) is 14.7. The van der Waals surface area contributed by atoms with Crippen molar-refractivity contribution >= 4 is 34.0 Å². The quantitative estimate of drug-likeness (QED) is 0.262. The number of carbonyl (C=O) groups excluding carboxylic acids is 1. The third-order valence-corrected chi connectivity index (χ3v) is 4.73. The first kappa shape index (κ1) is 21.2. The van der Waals surface area contributed by atoms with Gasteiger partial charge in [-0.25, -0.2) is 4.98 Å². The molecule has 2 aromatic carbocycles. The maximum atomic E-state index is 12.8. The number of aromatic nitrogens is 2. The molecule has 0 unspecified atom stereocenters. The lowest BCUT2D eigenvalue weighted by molar-refractivity contribution is -0.509. The van der Waals surface area contributed by atoms with Crippen molar-refractivity contribution in [3.8, 4) is 0 Å². The van der Waals surface area contributed by atoms with Crippen LogP contribution in [0.3, 0.4) is 0 Å². The van der Waals surface area contributed by atoms with Gasteiger partial charge in [-0.1, -0.05) is 12.1 Å². The van der Waals surface area contributed by atoms with Gasteiger partial charge in [0.05, 0.1) is 22.2 Å². The van der Waals surface area contributed by atoms with E-state index in [4.69, 9.17) is 5.84 Å². The Hall–Kier alpha value is -4.48. The summed E-state index contributed by atoms with van der Waals surface area (Å²) in [6, 6.07) is 7.15. The summed E-state index contributed by atoms with van der Waals surface area (Å²) in [6.45, 7) is 3.64. The Labute approximate surface area is 175 Å². The minimum atomic E-state index is -1.83. The summed E-state index contributed by atoms with van der Waals surface area (Å²) in [5.41, 5.74) is 1.42. The summed E-state index contributed by atoms with van der Waals surface area (Å²) in [5, 5.41) is 28.7. The highest BCUT2D eigenvalue weighted by atomic mass is 16.6. The number of carbonyl (C=O) groups is 1. The molecule has 12 heteroatoms. The van der Waals surface area contributed by atoms with Gasteiger partial charge in [-0.3, -0.25) is 30.0 Å². The van der Waals surface area contributed by atoms with Crippen LogP contribution in [0.1, 0.15) is 22.9 Å². The second kappa shape index (κ2) is 8.49. The number of non-ortho nitro benzene ring substituents is 1. The number of nitrogens with two attached hydrogens (primary N) is 1. The number of aryl methyl sites for hydroxylation is 1. The molecule has 31 heavy (non-hydrogen) atoms. The number of nitro groups is 2. The molecular weight excluding hydrogens is 406 g/mol. The molecule has 1 aromatic heterocycles. The molecular formula is C19H17N7O5. The van der Waals surface area contributed by atoms with Crippen molar-refractivity contribution in [2.24, 2.45) is 10.9 Å². The van der Waals surface area contributed by atoms with Gasteiger partial charge < -0.3 is 11.2 Å². The first-order valence-corrected chi connectivity index (χ1v) is 8.93. The fourth-order valence-electron chi connectivity index (χ4n) is 2.93. The van der Waals surface area contributed by atoms with Crippen LogP contribution in [-0.4, -0.2) is 31.4 Å². The predicted molar refractivity (Wildman–Crippen MR) is 112 cm³/mol. The van der Waals surface area contributed by atoms with E-state index in [0.29, 0.717) is 11.2 Å². The standard InChI is InChI=1S/C19H17N7O5/c1-10-4-3-5-13(11(10)2)23-19(27)17(24-20)18(26(30)31)16-9-21-14-7-6-12(25(28)29)8-15(14)22-16/h3-9,18H,20H2,1-2H3,(H,23,27)/b24-17+/t18-/m1/s1. The monoisotopic (exact) mass is 423 g/mol. The maximum Gasteiger partial charge on any atom is 0.304 e. The second-order valence-electron chi connectivity index (χ2n) is 6.63. The van der Waals surface area contributed by atoms with Gasteiger partial charge in [0, 0.05) is 22.7 Å². The Kier molecular flexibility index (Phi) is 5.81. The number of hydrogen-bond donors (Lipinski definition) is 2. The Balaban J connectivity index is 2.01. The molecule has 158 valence electrons. The number of hydrazone groups is 1. The van der Waals surface area contributed by atoms with E-state index in [1.165, 1.54) is 12.1 Å². The average molecular weight is 423 g/mol. The molecule has 0 spiro atoms. The van der Waals surface area contributed by atoms with Gasteiger partial charge in [0.1, 0.15) is 5.69 Å². The largest absolute Gasteiger partial charge is 0.323 e. The van der Waals surface area contributed by atoms with E-state index in [9.17, 15) is 25.0 Å². The zero-order valence-corrected chi connectivity index (χ0v) is 16.5. The number of nitrogens with one attached hydrogen (secondary N) is 1. The molecule has 1 atom stereocenters. The molecule has 0 bridgehead atoms. The van der Waals surface area contributed by atoms with Crippen molar-refractivity contribution in [3.63, 3.8) is 0 Å². The topological polar surface area (TPSA) is 180 Å². The molecule has 0 aliphatic carbocycles. The third-order valence-electron chi connectivity index (χ3n) is 4.73. The van der Waals surface area contributed by atoms with Crippen LogP contribution in [0.5, 0.6) is 0 Å². The number of amides is 1. The summed E-state index contributed by atoms with van der Waals surface area (Å²) in [5.74, 6) is 4.46. The highest BCUT2D eigenvalue weighted by molar-refractivity contribution is 6.44. The lowest BCUT2D eigenvalue weighted by Crippen LogP contribution is -2.34. The van der Waals surface area contributed by atoms with Gasteiger partial charge in [-0.05, 0) is 37.1 Å². The summed E-state index contributed by atoms with van der Waals surface area (Å²) < 4.78 is 0. The Morgan fingerprint density at radius 1 is 1.16 bits per heavy atom. The summed E-state index contributed by atoms with van der Waals surface area (Å²) in [4.78, 5) is 42.3. The van der Waals surface area contributed by atoms with Gasteiger partial charge in [0.25, 0.3) is 11.6 Å². The van der Waals surface area contributed by atoms with E-state index in [-0.39, 0.29) is 16.9 Å². The van der Waals surface area contributed by atoms with Crippen molar-refractivity contribution in [3.05, 3.63) is 79.6 Å². The maximum absolute atomic E-state index is 12.8. The van der Waals surface area contributed by atoms with Gasteiger partial charge in [-0.15, -0.1) is 0 Å². The van der Waals surface area contributed by atoms with Gasteiger partial charge in [0.15, 0.2) is 0 Å². The van der Waals surface area contributed by atoms with Crippen molar-refractivity contribution in [1.29, 1.82) is 0 Å². The van der Waals surface area contributed by atoms with E-state index in [1.54, 1.807) is 19.1 Å². The second-order valence-corrected chi connectivity index (χ2v) is 6.63. The van der Waals surface area contributed by atoms with E-state index < -0.39 is 27.5 Å². The summed E-state index contributed by atoms with van der Waals surface area (Å²) in [7, 11) is 0. The molecule has 0 aliphatic rings. The number of anilines is 1. The van der Waals surface area contributed by atoms with E-state index >= 15 is 0 Å². The molecule has 1 heterocycles. The molecule has 0 saturated heterocycles. The lowest BCUT2D eigenvalue weighted by atomic mass is 10.1. The Bertz CT molecular complexity index is 1240. The zero-order valence-electron chi connectivity index (χ0n) is 16.5. The van der Waals surface area contributed by atoms with Crippen LogP contribution in [0.2, 0.25) is 0 Å². The minimum absolute atomic E-state index is 0.0601. The SMILES string of the molecule is Cc1cccc(NC(=O)/C(=N/N)[C@@H](c2cnc3ccc([N+](=O)[O-])cc3n2)[N+](=O)[O-])c1C. The average Bonchev–Trinajstić information content (AvgIpc) is 2.73. The normalized spacial score (nSPS) is 12.4. The number of hydrogen-bond acceptors (Lipinski definition) is 9. The fraction of sp³-hybridized carbons (Fsp3) is 0.158. The fourth-order valence-corrected chi connectivity index (χ4v) is 2.93. The summed E-state index contributed by atoms with van der Waals surface area (Å²) in [6.07, 6.45) is 1.11. The number of nitrogens with zero attached hydrogens (tertiary/aromatic N) is 5. The summed E-state index contributed by atoms with van der Waals surface area (Å²) >= 11 is 0. The van der Waals surface area contributed by atoms with Crippen molar-refractivity contribution in [2.75, 3.05) is 5.32 Å². The van der Waals surface area contributed by atoms with E-state index in [1.807, 2.05) is 13.0 Å². The van der Waals surface area contributed by atoms with Gasteiger partial charge in [0.2, 0.25) is 5.71 Å². The van der Waals surface area contributed by atoms with Crippen molar-refractivity contribution in [2.45, 2.75) is 19.9 Å². The molecule has 0 saturated carbocycles. The molecule has 0 aliphatic heterocycles. The Morgan fingerprint density at radius 3 is 2.55 bits per heavy atom. The van der Waals surface area contributed by atoms with Crippen molar-refractivity contribution in [1.82, 2.24) is 9.97 Å². The molecule has 3 aromatic rings. The van der Waals surface area contributed by atoms with Crippen LogP contribution < -0.4 is 11.2 Å². The number of nitro benzene ring substituents is 1. The van der Waals surface area contributed by atoms with Gasteiger partial charge >= 0.3 is 6.04 Å². The zero-order chi connectivity index (χ0) is 22.7. The van der Waals surface area contributed by atoms with Gasteiger partial charge in [-0.2, -0.15) is 5.10 Å². The Morgan fingerprint density at radius 2 is 1.90 bits per heavy atom. The van der Waals surface area contributed by atoms with Crippen LogP contribution in [0.4, 0.5) is 11.4 Å². The molecule has 12 nitrogen and oxygen atoms in total. The number of benzene rings is 2. The highest BCUT2D eigenvalue weighted by Gasteiger charge is 2.37.